The smallest absolute Gasteiger partial charge is 0.133 e. The van der Waals surface area contributed by atoms with Crippen LogP contribution in [0.3, 0.4) is 0 Å². The first kappa shape index (κ1) is 17.7. The minimum atomic E-state index is 0.871. The van der Waals surface area contributed by atoms with E-state index in [4.69, 9.17) is 4.74 Å². The van der Waals surface area contributed by atoms with Gasteiger partial charge in [0.25, 0.3) is 0 Å². The van der Waals surface area contributed by atoms with Crippen molar-refractivity contribution in [1.82, 2.24) is 9.55 Å². The molecular formula is C23H24N2O. The first-order valence-electron chi connectivity index (χ1n) is 8.70. The van der Waals surface area contributed by atoms with Crippen LogP contribution in [0.25, 0.3) is 28.9 Å². The van der Waals surface area contributed by atoms with E-state index in [0.717, 1.165) is 22.8 Å². The van der Waals surface area contributed by atoms with Gasteiger partial charge in [-0.25, -0.2) is 4.98 Å². The Morgan fingerprint density at radius 2 is 1.58 bits per heavy atom. The van der Waals surface area contributed by atoms with Gasteiger partial charge in [-0.1, -0.05) is 48.6 Å². The number of ether oxygens (including phenoxy) is 1. The van der Waals surface area contributed by atoms with Crippen LogP contribution in [0.15, 0.2) is 60.8 Å². The second kappa shape index (κ2) is 7.87. The van der Waals surface area contributed by atoms with Crippen molar-refractivity contribution >= 4 is 17.7 Å². The number of allylic oxidation sites excluding steroid dienone is 2. The van der Waals surface area contributed by atoms with Gasteiger partial charge >= 0.3 is 0 Å². The van der Waals surface area contributed by atoms with E-state index in [1.165, 1.54) is 16.7 Å². The van der Waals surface area contributed by atoms with Gasteiger partial charge in [0, 0.05) is 13.2 Å². The first-order chi connectivity index (χ1) is 12.6. The van der Waals surface area contributed by atoms with E-state index < -0.39 is 0 Å². The van der Waals surface area contributed by atoms with Crippen molar-refractivity contribution in [2.24, 2.45) is 7.05 Å². The van der Waals surface area contributed by atoms with Gasteiger partial charge in [-0.3, -0.25) is 0 Å². The highest BCUT2D eigenvalue weighted by Crippen LogP contribution is 2.23. The molecule has 0 fully saturated rings. The predicted octanol–water partition coefficient (Wildman–Crippen LogP) is 5.69. The molecule has 0 radical (unpaired) electrons. The van der Waals surface area contributed by atoms with Gasteiger partial charge in [0.1, 0.15) is 11.6 Å². The van der Waals surface area contributed by atoms with Crippen LogP contribution in [0, 0.1) is 0 Å². The maximum absolute atomic E-state index is 5.21. The fraction of sp³-hybridized carbons (Fsp3) is 0.174. The molecule has 0 aliphatic carbocycles. The molecule has 3 nitrogen and oxygen atoms in total. The van der Waals surface area contributed by atoms with Crippen molar-refractivity contribution in [3.8, 4) is 16.9 Å². The summed E-state index contributed by atoms with van der Waals surface area (Å²) in [6.07, 6.45) is 8.28. The molecule has 3 rings (SSSR count). The van der Waals surface area contributed by atoms with Gasteiger partial charge in [0.15, 0.2) is 0 Å². The standard InChI is InChI=1S/C23H24N2O/c1-5-17(2)22-16-25(3)23(24-22)15-8-18-6-9-19(10-7-18)20-11-13-21(26-4)14-12-20/h5-16H,1-4H3/b15-8+,17-5+. The number of rotatable bonds is 5. The Morgan fingerprint density at radius 1 is 0.962 bits per heavy atom. The van der Waals surface area contributed by atoms with Gasteiger partial charge in [-0.2, -0.15) is 0 Å². The lowest BCUT2D eigenvalue weighted by molar-refractivity contribution is 0.415. The molecule has 0 aliphatic rings. The average molecular weight is 344 g/mol. The summed E-state index contributed by atoms with van der Waals surface area (Å²) in [5, 5.41) is 0. The molecule has 132 valence electrons. The van der Waals surface area contributed by atoms with Gasteiger partial charge in [-0.05, 0) is 54.3 Å². The number of hydrogen-bond donors (Lipinski definition) is 0. The van der Waals surface area contributed by atoms with Crippen LogP contribution < -0.4 is 4.74 Å². The van der Waals surface area contributed by atoms with E-state index in [-0.39, 0.29) is 0 Å². The van der Waals surface area contributed by atoms with Crippen molar-refractivity contribution in [2.45, 2.75) is 13.8 Å². The maximum atomic E-state index is 5.21. The highest BCUT2D eigenvalue weighted by atomic mass is 16.5. The van der Waals surface area contributed by atoms with Crippen LogP contribution in [-0.4, -0.2) is 16.7 Å². The Hall–Kier alpha value is -3.07. The second-order valence-corrected chi connectivity index (χ2v) is 6.25. The summed E-state index contributed by atoms with van der Waals surface area (Å²) in [6, 6.07) is 16.6. The molecule has 1 heterocycles. The average Bonchev–Trinajstić information content (AvgIpc) is 3.07. The molecule has 0 atom stereocenters. The predicted molar refractivity (Wildman–Crippen MR) is 110 cm³/mol. The Balaban J connectivity index is 1.76. The molecule has 0 aliphatic heterocycles. The molecule has 0 bridgehead atoms. The third kappa shape index (κ3) is 3.94. The minimum Gasteiger partial charge on any atom is -0.497 e. The van der Waals surface area contributed by atoms with Crippen LogP contribution in [0.5, 0.6) is 5.75 Å². The Kier molecular flexibility index (Phi) is 5.37. The summed E-state index contributed by atoms with van der Waals surface area (Å²) < 4.78 is 7.26. The highest BCUT2D eigenvalue weighted by molar-refractivity contribution is 5.71. The molecule has 3 aromatic rings. The molecule has 1 aromatic heterocycles. The van der Waals surface area contributed by atoms with E-state index in [2.05, 4.69) is 72.7 Å². The topological polar surface area (TPSA) is 27.1 Å². The maximum Gasteiger partial charge on any atom is 0.133 e. The van der Waals surface area contributed by atoms with Crippen molar-refractivity contribution < 1.29 is 4.74 Å². The monoisotopic (exact) mass is 344 g/mol. The molecule has 0 spiro atoms. The van der Waals surface area contributed by atoms with Crippen LogP contribution in [0.2, 0.25) is 0 Å². The van der Waals surface area contributed by atoms with E-state index in [0.29, 0.717) is 0 Å². The third-order valence-corrected chi connectivity index (χ3v) is 4.51. The van der Waals surface area contributed by atoms with Gasteiger partial charge in [-0.15, -0.1) is 0 Å². The van der Waals surface area contributed by atoms with Crippen molar-refractivity contribution in [2.75, 3.05) is 7.11 Å². The molecular weight excluding hydrogens is 320 g/mol. The second-order valence-electron chi connectivity index (χ2n) is 6.25. The van der Waals surface area contributed by atoms with Crippen molar-refractivity contribution in [3.05, 3.63) is 77.9 Å². The largest absolute Gasteiger partial charge is 0.497 e. The lowest BCUT2D eigenvalue weighted by Crippen LogP contribution is -1.88. The summed E-state index contributed by atoms with van der Waals surface area (Å²) in [5.74, 6) is 1.82. The normalized spacial score (nSPS) is 11.9. The molecule has 0 saturated carbocycles. The van der Waals surface area contributed by atoms with E-state index in [1.54, 1.807) is 7.11 Å². The lowest BCUT2D eigenvalue weighted by Gasteiger charge is -2.04. The zero-order chi connectivity index (χ0) is 18.5. The molecule has 26 heavy (non-hydrogen) atoms. The van der Waals surface area contributed by atoms with Crippen molar-refractivity contribution in [3.63, 3.8) is 0 Å². The Bertz CT molecular complexity index is 929. The molecule has 0 amide bonds. The minimum absolute atomic E-state index is 0.871. The SMILES string of the molecule is C/C=C(\C)c1cn(C)c(/C=C/c2ccc(-c3ccc(OC)cc3)cc2)n1. The summed E-state index contributed by atoms with van der Waals surface area (Å²) in [7, 11) is 3.70. The molecule has 0 N–H and O–H groups in total. The van der Waals surface area contributed by atoms with Crippen LogP contribution >= 0.6 is 0 Å². The first-order valence-corrected chi connectivity index (χ1v) is 8.70. The summed E-state index contributed by atoms with van der Waals surface area (Å²) in [5.41, 5.74) is 5.72. The fourth-order valence-corrected chi connectivity index (χ4v) is 2.71. The summed E-state index contributed by atoms with van der Waals surface area (Å²) >= 11 is 0. The number of aryl methyl sites for hydroxylation is 1. The van der Waals surface area contributed by atoms with E-state index in [1.807, 2.05) is 30.7 Å². The Labute approximate surface area is 155 Å². The number of methoxy groups -OCH3 is 1. The Morgan fingerprint density at radius 3 is 2.15 bits per heavy atom. The lowest BCUT2D eigenvalue weighted by atomic mass is 10.0. The van der Waals surface area contributed by atoms with Crippen LogP contribution in [0.1, 0.15) is 30.9 Å². The third-order valence-electron chi connectivity index (χ3n) is 4.51. The highest BCUT2D eigenvalue weighted by Gasteiger charge is 2.03. The number of hydrogen-bond acceptors (Lipinski definition) is 2. The molecule has 3 heteroatoms. The molecule has 2 aromatic carbocycles. The van der Waals surface area contributed by atoms with Gasteiger partial charge < -0.3 is 9.30 Å². The van der Waals surface area contributed by atoms with E-state index in [9.17, 15) is 0 Å². The van der Waals surface area contributed by atoms with Crippen LogP contribution in [-0.2, 0) is 7.05 Å². The van der Waals surface area contributed by atoms with Gasteiger partial charge in [0.2, 0.25) is 0 Å². The summed E-state index contributed by atoms with van der Waals surface area (Å²) in [6.45, 7) is 4.11. The summed E-state index contributed by atoms with van der Waals surface area (Å²) in [4.78, 5) is 4.67. The number of imidazole rings is 1. The number of benzene rings is 2. The van der Waals surface area contributed by atoms with Crippen LogP contribution in [0.4, 0.5) is 0 Å². The molecule has 0 saturated heterocycles. The zero-order valence-electron chi connectivity index (χ0n) is 15.7. The van der Waals surface area contributed by atoms with Crippen molar-refractivity contribution in [1.29, 1.82) is 0 Å². The number of aromatic nitrogens is 2. The number of nitrogens with zero attached hydrogens (tertiary/aromatic N) is 2. The molecule has 0 unspecified atom stereocenters. The van der Waals surface area contributed by atoms with Gasteiger partial charge in [0.05, 0.1) is 12.8 Å². The zero-order valence-corrected chi connectivity index (χ0v) is 15.7. The van der Waals surface area contributed by atoms with E-state index >= 15 is 0 Å². The quantitative estimate of drug-likeness (QED) is 0.594. The fourth-order valence-electron chi connectivity index (χ4n) is 2.71.